The molecule has 0 aliphatic heterocycles. The minimum atomic E-state index is -0.308. The Balaban J connectivity index is 1.64. The molecule has 0 atom stereocenters. The maximum Gasteiger partial charge on any atom is 0.336 e. The summed E-state index contributed by atoms with van der Waals surface area (Å²) in [5.74, 6) is 2.21. The van der Waals surface area contributed by atoms with Crippen molar-refractivity contribution in [2.45, 2.75) is 69.3 Å². The normalized spacial score (nSPS) is 15.1. The van der Waals surface area contributed by atoms with Crippen LogP contribution in [0.25, 0.3) is 11.0 Å². The summed E-state index contributed by atoms with van der Waals surface area (Å²) < 4.78 is 7.69. The van der Waals surface area contributed by atoms with Crippen molar-refractivity contribution in [3.05, 3.63) is 63.8 Å². The zero-order valence-corrected chi connectivity index (χ0v) is 17.9. The highest BCUT2D eigenvalue weighted by Crippen LogP contribution is 2.34. The molecule has 0 saturated heterocycles. The van der Waals surface area contributed by atoms with Crippen molar-refractivity contribution in [3.63, 3.8) is 0 Å². The molecule has 5 nitrogen and oxygen atoms in total. The monoisotopic (exact) mass is 409 g/mol. The Hall–Kier alpha value is -2.34. The van der Waals surface area contributed by atoms with Crippen molar-refractivity contribution >= 4 is 22.7 Å². The van der Waals surface area contributed by atoms with E-state index in [9.17, 15) is 4.79 Å². The molecule has 0 unspecified atom stereocenters. The lowest BCUT2D eigenvalue weighted by Crippen LogP contribution is -2.12. The first-order valence-corrected chi connectivity index (χ1v) is 11.3. The van der Waals surface area contributed by atoms with Gasteiger partial charge in [0.25, 0.3) is 0 Å². The van der Waals surface area contributed by atoms with Crippen LogP contribution in [0.3, 0.4) is 0 Å². The van der Waals surface area contributed by atoms with Crippen molar-refractivity contribution in [2.75, 3.05) is 0 Å². The first-order valence-electron chi connectivity index (χ1n) is 10.3. The Morgan fingerprint density at radius 2 is 2.03 bits per heavy atom. The summed E-state index contributed by atoms with van der Waals surface area (Å²) in [5.41, 5.74) is 3.48. The van der Waals surface area contributed by atoms with Crippen LogP contribution in [0.1, 0.15) is 60.5 Å². The van der Waals surface area contributed by atoms with Gasteiger partial charge in [-0.25, -0.2) is 4.79 Å². The van der Waals surface area contributed by atoms with E-state index in [0.29, 0.717) is 23.8 Å². The van der Waals surface area contributed by atoms with Gasteiger partial charge in [-0.1, -0.05) is 49.2 Å². The van der Waals surface area contributed by atoms with Crippen molar-refractivity contribution in [1.82, 2.24) is 14.8 Å². The predicted octanol–water partition coefficient (Wildman–Crippen LogP) is 5.53. The van der Waals surface area contributed by atoms with Crippen molar-refractivity contribution in [1.29, 1.82) is 0 Å². The zero-order valence-electron chi connectivity index (χ0n) is 17.1. The van der Waals surface area contributed by atoms with E-state index >= 15 is 0 Å². The number of aromatic nitrogens is 3. The number of benzene rings is 1. The van der Waals surface area contributed by atoms with Gasteiger partial charge in [-0.2, -0.15) is 0 Å². The molecule has 4 rings (SSSR count). The molecule has 0 N–H and O–H groups in total. The number of hydrogen-bond donors (Lipinski definition) is 0. The molecule has 1 saturated carbocycles. The number of thioether (sulfide) groups is 1. The fraction of sp³-hybridized carbons (Fsp3) is 0.435. The maximum absolute atomic E-state index is 12.1. The first-order chi connectivity index (χ1) is 14.1. The van der Waals surface area contributed by atoms with Crippen molar-refractivity contribution in [3.8, 4) is 0 Å². The molecule has 3 aromatic rings. The molecule has 1 aromatic carbocycles. The molecule has 152 valence electrons. The molecule has 29 heavy (non-hydrogen) atoms. The first kappa shape index (κ1) is 20.0. The van der Waals surface area contributed by atoms with Gasteiger partial charge in [0.05, 0.1) is 0 Å². The van der Waals surface area contributed by atoms with Crippen LogP contribution >= 0.6 is 11.8 Å². The smallest absolute Gasteiger partial charge is 0.336 e. The molecule has 6 heteroatoms. The standard InChI is InChI=1S/C23H27N3O2S/c1-4-12-26-22(17-8-6-5-7-9-17)24-25-23(26)29-14-18-13-20(27)28-21-16(3)15(2)10-11-19(18)21/h4,10-11,13,17H,1,5-9,12,14H2,2-3H3. The molecule has 0 bridgehead atoms. The van der Waals surface area contributed by atoms with Gasteiger partial charge < -0.3 is 8.98 Å². The van der Waals surface area contributed by atoms with E-state index in [1.165, 1.54) is 32.1 Å². The van der Waals surface area contributed by atoms with Crippen LogP contribution in [0, 0.1) is 13.8 Å². The number of allylic oxidation sites excluding steroid dienone is 1. The molecule has 2 heterocycles. The predicted molar refractivity (Wildman–Crippen MR) is 118 cm³/mol. The molecular weight excluding hydrogens is 382 g/mol. The van der Waals surface area contributed by atoms with Gasteiger partial charge in [0.15, 0.2) is 5.16 Å². The summed E-state index contributed by atoms with van der Waals surface area (Å²) in [6.07, 6.45) is 8.11. The second-order valence-electron chi connectivity index (χ2n) is 7.84. The number of fused-ring (bicyclic) bond motifs is 1. The average Bonchev–Trinajstić information content (AvgIpc) is 3.13. The summed E-state index contributed by atoms with van der Waals surface area (Å²) in [5, 5.41) is 10.9. The van der Waals surface area contributed by atoms with Crippen molar-refractivity contribution < 1.29 is 4.42 Å². The highest BCUT2D eigenvalue weighted by atomic mass is 32.2. The van der Waals surface area contributed by atoms with Crippen LogP contribution in [0.2, 0.25) is 0 Å². The van der Waals surface area contributed by atoms with E-state index in [1.807, 2.05) is 26.0 Å². The van der Waals surface area contributed by atoms with Gasteiger partial charge in [-0.15, -0.1) is 16.8 Å². The quantitative estimate of drug-likeness (QED) is 0.304. The van der Waals surface area contributed by atoms with Crippen LogP contribution in [0.5, 0.6) is 0 Å². The van der Waals surface area contributed by atoms with Gasteiger partial charge >= 0.3 is 5.63 Å². The van der Waals surface area contributed by atoms with Gasteiger partial charge in [-0.05, 0) is 43.4 Å². The topological polar surface area (TPSA) is 60.9 Å². The van der Waals surface area contributed by atoms with Crippen molar-refractivity contribution in [2.24, 2.45) is 0 Å². The van der Waals surface area contributed by atoms with Gasteiger partial charge in [-0.3, -0.25) is 0 Å². The summed E-state index contributed by atoms with van der Waals surface area (Å²) in [6.45, 7) is 8.64. The van der Waals surface area contributed by atoms with Crippen LogP contribution in [0.15, 0.2) is 45.2 Å². The Labute approximate surface area is 175 Å². The molecule has 1 fully saturated rings. The zero-order chi connectivity index (χ0) is 20.4. The second-order valence-corrected chi connectivity index (χ2v) is 8.78. The fourth-order valence-electron chi connectivity index (χ4n) is 4.16. The van der Waals surface area contributed by atoms with Gasteiger partial charge in [0.2, 0.25) is 0 Å². The number of hydrogen-bond acceptors (Lipinski definition) is 5. The van der Waals surface area contributed by atoms with E-state index in [2.05, 4.69) is 27.4 Å². The molecule has 2 aromatic heterocycles. The van der Waals surface area contributed by atoms with E-state index in [0.717, 1.165) is 33.1 Å². The Bertz CT molecular complexity index is 1090. The Kier molecular flexibility index (Phi) is 5.90. The van der Waals surface area contributed by atoms with E-state index in [4.69, 9.17) is 4.42 Å². The van der Waals surface area contributed by atoms with Gasteiger partial charge in [0, 0.05) is 29.7 Å². The highest BCUT2D eigenvalue weighted by molar-refractivity contribution is 7.98. The van der Waals surface area contributed by atoms with E-state index in [-0.39, 0.29) is 5.63 Å². The molecule has 1 aliphatic rings. The SMILES string of the molecule is C=CCn1c(SCc2cc(=O)oc3c(C)c(C)ccc23)nnc1C1CCCCC1. The highest BCUT2D eigenvalue weighted by Gasteiger charge is 2.23. The lowest BCUT2D eigenvalue weighted by atomic mass is 9.89. The molecule has 0 radical (unpaired) electrons. The molecule has 0 spiro atoms. The average molecular weight is 410 g/mol. The van der Waals surface area contributed by atoms with Crippen LogP contribution in [-0.2, 0) is 12.3 Å². The van der Waals surface area contributed by atoms with Crippen LogP contribution in [-0.4, -0.2) is 14.8 Å². The number of rotatable bonds is 6. The summed E-state index contributed by atoms with van der Waals surface area (Å²) in [7, 11) is 0. The summed E-state index contributed by atoms with van der Waals surface area (Å²) >= 11 is 1.62. The molecule has 0 amide bonds. The van der Waals surface area contributed by atoms with Gasteiger partial charge in [0.1, 0.15) is 11.4 Å². The lowest BCUT2D eigenvalue weighted by molar-refractivity contribution is 0.415. The number of nitrogens with zero attached hydrogens (tertiary/aromatic N) is 3. The third-order valence-electron chi connectivity index (χ3n) is 5.90. The minimum Gasteiger partial charge on any atom is -0.422 e. The minimum absolute atomic E-state index is 0.308. The maximum atomic E-state index is 12.1. The van der Waals surface area contributed by atoms with E-state index < -0.39 is 0 Å². The summed E-state index contributed by atoms with van der Waals surface area (Å²) in [6, 6.07) is 5.71. The Morgan fingerprint density at radius 1 is 1.24 bits per heavy atom. The van der Waals surface area contributed by atoms with Crippen LogP contribution < -0.4 is 5.63 Å². The lowest BCUT2D eigenvalue weighted by Gasteiger charge is -2.21. The third-order valence-corrected chi connectivity index (χ3v) is 6.92. The van der Waals surface area contributed by atoms with E-state index in [1.54, 1.807) is 17.8 Å². The molecule has 1 aliphatic carbocycles. The summed E-state index contributed by atoms with van der Waals surface area (Å²) in [4.78, 5) is 12.1. The fourth-order valence-corrected chi connectivity index (χ4v) is 5.10. The molecular formula is C23H27N3O2S. The third kappa shape index (κ3) is 4.04. The largest absolute Gasteiger partial charge is 0.422 e. The second kappa shape index (κ2) is 8.57. The Morgan fingerprint density at radius 3 is 2.79 bits per heavy atom. The number of aryl methyl sites for hydroxylation is 2. The van der Waals surface area contributed by atoms with Crippen LogP contribution in [0.4, 0.5) is 0 Å².